The Kier molecular flexibility index (Phi) is 5.90. The summed E-state index contributed by atoms with van der Waals surface area (Å²) in [7, 11) is -4.11. The molecule has 0 aliphatic carbocycles. The molecule has 6 aromatic rings. The average Bonchev–Trinajstić information content (AvgIpc) is 3.38. The van der Waals surface area contributed by atoms with Crippen LogP contribution in [0, 0.1) is 19.7 Å². The van der Waals surface area contributed by atoms with Gasteiger partial charge in [0.15, 0.2) is 6.10 Å². The van der Waals surface area contributed by atoms with E-state index in [0.717, 1.165) is 22.3 Å². The SMILES string of the molecule is Cc1ccc(S(=O)(=O)n2c(-c3ccccc3)c3c4c(c(C)ccc42)O[C@H]2C(c4ccccc4)=N[C@H]3c3cc(F)ccc32)cc1. The van der Waals surface area contributed by atoms with E-state index in [4.69, 9.17) is 9.73 Å². The first-order valence-electron chi connectivity index (χ1n) is 14.5. The summed E-state index contributed by atoms with van der Waals surface area (Å²) in [5.74, 6) is 0.209. The van der Waals surface area contributed by atoms with E-state index in [-0.39, 0.29) is 10.7 Å². The lowest BCUT2D eigenvalue weighted by atomic mass is 9.82. The molecule has 0 N–H and O–H groups in total. The van der Waals surface area contributed by atoms with Crippen LogP contribution in [0.3, 0.4) is 0 Å². The Bertz CT molecular complexity index is 2240. The van der Waals surface area contributed by atoms with Gasteiger partial charge in [0.25, 0.3) is 10.0 Å². The van der Waals surface area contributed by atoms with Crippen molar-refractivity contribution in [1.82, 2.24) is 3.97 Å². The van der Waals surface area contributed by atoms with Gasteiger partial charge in [-0.15, -0.1) is 0 Å². The molecule has 9 rings (SSSR count). The van der Waals surface area contributed by atoms with Crippen LogP contribution in [0.1, 0.15) is 45.5 Å². The highest BCUT2D eigenvalue weighted by atomic mass is 32.2. The molecule has 2 bridgehead atoms. The average molecular weight is 599 g/mol. The lowest BCUT2D eigenvalue weighted by Gasteiger charge is -2.35. The third kappa shape index (κ3) is 3.89. The first kappa shape index (κ1) is 26.6. The molecular formula is C37H27FN2O3S. The highest BCUT2D eigenvalue weighted by molar-refractivity contribution is 7.90. The van der Waals surface area contributed by atoms with Crippen molar-refractivity contribution in [3.05, 3.63) is 154 Å². The van der Waals surface area contributed by atoms with Crippen LogP contribution in [0.2, 0.25) is 0 Å². The first-order chi connectivity index (χ1) is 21.3. The highest BCUT2D eigenvalue weighted by Crippen LogP contribution is 2.53. The number of benzene rings is 5. The lowest BCUT2D eigenvalue weighted by Crippen LogP contribution is -2.29. The van der Waals surface area contributed by atoms with Crippen molar-refractivity contribution in [2.75, 3.05) is 0 Å². The van der Waals surface area contributed by atoms with Crippen LogP contribution >= 0.6 is 0 Å². The van der Waals surface area contributed by atoms with Gasteiger partial charge in [-0.3, -0.25) is 4.99 Å². The molecule has 3 aliphatic heterocycles. The summed E-state index contributed by atoms with van der Waals surface area (Å²) >= 11 is 0. The Morgan fingerprint density at radius 3 is 2.16 bits per heavy atom. The van der Waals surface area contributed by atoms with Crippen molar-refractivity contribution < 1.29 is 17.5 Å². The molecule has 0 spiro atoms. The molecule has 216 valence electrons. The number of hydrogen-bond acceptors (Lipinski definition) is 4. The van der Waals surface area contributed by atoms with Gasteiger partial charge < -0.3 is 4.74 Å². The minimum absolute atomic E-state index is 0.172. The molecule has 4 heterocycles. The van der Waals surface area contributed by atoms with Crippen LogP contribution in [0.4, 0.5) is 4.39 Å². The van der Waals surface area contributed by atoms with Gasteiger partial charge in [-0.2, -0.15) is 0 Å². The zero-order chi connectivity index (χ0) is 30.2. The summed E-state index contributed by atoms with van der Waals surface area (Å²) < 4.78 is 52.7. The Balaban J connectivity index is 1.56. The normalized spacial score (nSPS) is 17.0. The zero-order valence-corrected chi connectivity index (χ0v) is 24.8. The van der Waals surface area contributed by atoms with Crippen molar-refractivity contribution in [3.63, 3.8) is 0 Å². The van der Waals surface area contributed by atoms with Crippen molar-refractivity contribution in [2.24, 2.45) is 4.99 Å². The topological polar surface area (TPSA) is 60.7 Å². The monoisotopic (exact) mass is 598 g/mol. The molecule has 3 aliphatic rings. The fraction of sp³-hybridized carbons (Fsp3) is 0.108. The molecular weight excluding hydrogens is 571 g/mol. The molecule has 0 fully saturated rings. The van der Waals surface area contributed by atoms with Gasteiger partial charge >= 0.3 is 0 Å². The summed E-state index contributed by atoms with van der Waals surface area (Å²) in [6, 6.07) is 33.9. The summed E-state index contributed by atoms with van der Waals surface area (Å²) in [6.07, 6.45) is -0.612. The summed E-state index contributed by atoms with van der Waals surface area (Å²) in [5.41, 5.74) is 7.23. The standard InChI is InChI=1S/C37H27FN2O3S/c1-22-13-17-27(18-14-22)44(41,42)40-30-20-15-23(2)36-31(30)32(35(40)25-11-7-4-8-12-25)34-29-21-26(38)16-19-28(29)37(43-36)33(39-34)24-9-5-3-6-10-24/h3-21,34,37H,1-2H3/t34-,37+/m0/s1. The summed E-state index contributed by atoms with van der Waals surface area (Å²) in [6.45, 7) is 3.89. The first-order valence-corrected chi connectivity index (χ1v) is 15.9. The van der Waals surface area contributed by atoms with Gasteiger partial charge in [0.2, 0.25) is 0 Å². The second-order valence-corrected chi connectivity index (χ2v) is 13.2. The minimum Gasteiger partial charge on any atom is -0.478 e. The highest BCUT2D eigenvalue weighted by Gasteiger charge is 2.42. The van der Waals surface area contributed by atoms with E-state index in [9.17, 15) is 8.42 Å². The molecule has 5 nitrogen and oxygen atoms in total. The molecule has 2 atom stereocenters. The lowest BCUT2D eigenvalue weighted by molar-refractivity contribution is 0.267. The van der Waals surface area contributed by atoms with Crippen molar-refractivity contribution in [1.29, 1.82) is 0 Å². The maximum absolute atomic E-state index is 15.0. The second kappa shape index (κ2) is 9.76. The largest absolute Gasteiger partial charge is 0.478 e. The maximum Gasteiger partial charge on any atom is 0.268 e. The van der Waals surface area contributed by atoms with E-state index in [1.807, 2.05) is 86.6 Å². The number of aryl methyl sites for hydroxylation is 2. The number of rotatable bonds is 4. The van der Waals surface area contributed by atoms with E-state index < -0.39 is 22.2 Å². The third-order valence-electron chi connectivity index (χ3n) is 8.61. The molecule has 0 saturated heterocycles. The zero-order valence-electron chi connectivity index (χ0n) is 24.0. The Morgan fingerprint density at radius 1 is 0.773 bits per heavy atom. The minimum atomic E-state index is -4.11. The Hall–Kier alpha value is -5.01. The van der Waals surface area contributed by atoms with Gasteiger partial charge in [0.1, 0.15) is 17.6 Å². The molecule has 44 heavy (non-hydrogen) atoms. The van der Waals surface area contributed by atoms with Crippen molar-refractivity contribution >= 4 is 26.6 Å². The van der Waals surface area contributed by atoms with E-state index >= 15 is 4.39 Å². The van der Waals surface area contributed by atoms with Crippen LogP contribution < -0.4 is 4.74 Å². The maximum atomic E-state index is 15.0. The predicted molar refractivity (Wildman–Crippen MR) is 170 cm³/mol. The van der Waals surface area contributed by atoms with E-state index in [1.165, 1.54) is 16.1 Å². The summed E-state index contributed by atoms with van der Waals surface area (Å²) in [4.78, 5) is 5.46. The number of aromatic nitrogens is 1. The summed E-state index contributed by atoms with van der Waals surface area (Å²) in [5, 5.41) is 0.667. The van der Waals surface area contributed by atoms with Gasteiger partial charge in [-0.25, -0.2) is 16.8 Å². The van der Waals surface area contributed by atoms with Gasteiger partial charge in [0.05, 0.1) is 21.8 Å². The van der Waals surface area contributed by atoms with Crippen molar-refractivity contribution in [3.8, 4) is 17.0 Å². The molecule has 5 aromatic carbocycles. The number of aliphatic imine (C=N–C) groups is 1. The van der Waals surface area contributed by atoms with E-state index in [1.54, 1.807) is 30.3 Å². The Morgan fingerprint density at radius 2 is 1.45 bits per heavy atom. The van der Waals surface area contributed by atoms with Crippen LogP contribution in [0.25, 0.3) is 22.2 Å². The molecule has 0 unspecified atom stereocenters. The van der Waals surface area contributed by atoms with Crippen LogP contribution in [0.15, 0.2) is 125 Å². The Labute approximate surface area is 255 Å². The van der Waals surface area contributed by atoms with Gasteiger partial charge in [-0.05, 0) is 66.4 Å². The third-order valence-corrected chi connectivity index (χ3v) is 10.3. The van der Waals surface area contributed by atoms with Crippen LogP contribution in [-0.4, -0.2) is 18.1 Å². The van der Waals surface area contributed by atoms with Crippen LogP contribution in [0.5, 0.6) is 5.75 Å². The molecule has 7 heteroatoms. The predicted octanol–water partition coefficient (Wildman–Crippen LogP) is 8.33. The molecule has 0 amide bonds. The smallest absolute Gasteiger partial charge is 0.268 e. The van der Waals surface area contributed by atoms with Crippen molar-refractivity contribution in [2.45, 2.75) is 30.9 Å². The second-order valence-electron chi connectivity index (χ2n) is 11.4. The number of nitrogens with zero attached hydrogens (tertiary/aromatic N) is 2. The molecule has 0 radical (unpaired) electrons. The van der Waals surface area contributed by atoms with E-state index in [2.05, 4.69) is 0 Å². The van der Waals surface area contributed by atoms with Gasteiger partial charge in [0, 0.05) is 16.5 Å². The van der Waals surface area contributed by atoms with Gasteiger partial charge in [-0.1, -0.05) is 90.5 Å². The fourth-order valence-corrected chi connectivity index (χ4v) is 8.09. The molecule has 0 saturated carbocycles. The van der Waals surface area contributed by atoms with E-state index in [0.29, 0.717) is 44.7 Å². The number of hydrogen-bond donors (Lipinski definition) is 0. The number of ether oxygens (including phenoxy) is 1. The number of halogens is 1. The molecule has 1 aromatic heterocycles. The quantitative estimate of drug-likeness (QED) is 0.205. The van der Waals surface area contributed by atoms with Crippen LogP contribution in [-0.2, 0) is 10.0 Å². The fourth-order valence-electron chi connectivity index (χ4n) is 6.54.